The number of hydrazone groups is 1. The highest BCUT2D eigenvalue weighted by atomic mass is 19.1. The molecule has 4 heterocycles. The summed E-state index contributed by atoms with van der Waals surface area (Å²) < 4.78 is 27.4. The van der Waals surface area contributed by atoms with Crippen molar-refractivity contribution >= 4 is 11.9 Å². The van der Waals surface area contributed by atoms with E-state index in [0.717, 1.165) is 65.7 Å². The first-order valence-corrected chi connectivity index (χ1v) is 11.9. The first-order valence-electron chi connectivity index (χ1n) is 11.9. The lowest BCUT2D eigenvalue weighted by atomic mass is 9.80. The van der Waals surface area contributed by atoms with Crippen LogP contribution in [0, 0.1) is 12.7 Å². The molecule has 0 radical (unpaired) electrons. The highest BCUT2D eigenvalue weighted by molar-refractivity contribution is 6.03. The van der Waals surface area contributed by atoms with E-state index in [1.807, 2.05) is 42.0 Å². The van der Waals surface area contributed by atoms with E-state index in [0.29, 0.717) is 6.54 Å². The number of nitrogens with zero attached hydrogens (tertiary/aromatic N) is 4. The third-order valence-corrected chi connectivity index (χ3v) is 7.13. The number of halogens is 1. The molecular formula is C27H28FN5O2. The Morgan fingerprint density at radius 3 is 2.74 bits per heavy atom. The summed E-state index contributed by atoms with van der Waals surface area (Å²) >= 11 is 0. The smallest absolute Gasteiger partial charge is 0.152 e. The van der Waals surface area contributed by atoms with Gasteiger partial charge in [-0.25, -0.2) is 9.37 Å². The second kappa shape index (κ2) is 8.53. The van der Waals surface area contributed by atoms with Gasteiger partial charge in [0.25, 0.3) is 0 Å². The summed E-state index contributed by atoms with van der Waals surface area (Å²) in [5, 5.41) is 4.71. The molecule has 2 saturated heterocycles. The predicted octanol–water partition coefficient (Wildman–Crippen LogP) is 4.23. The number of hydrogen-bond donors (Lipinski definition) is 1. The summed E-state index contributed by atoms with van der Waals surface area (Å²) in [5.41, 5.74) is 8.10. The number of amidine groups is 1. The standard InChI is InChI=1S/C27H28FN5O2/c1-18-15-32(17-29-18)23-8-3-19(12-25(23)34-2)11-21-13-27(9-10-35-27)16-33-24(14-30-31-26(21)33)20-4-6-22(28)7-5-20/h3-8,11-12,15,17,24,30H,9-10,13-14,16H2,1-2H3/b21-11+. The molecule has 1 aromatic heterocycles. The molecule has 2 fully saturated rings. The molecule has 0 saturated carbocycles. The van der Waals surface area contributed by atoms with Gasteiger partial charge in [0.15, 0.2) is 5.84 Å². The van der Waals surface area contributed by atoms with Gasteiger partial charge in [0.1, 0.15) is 11.6 Å². The molecule has 7 nitrogen and oxygen atoms in total. The highest BCUT2D eigenvalue weighted by Crippen LogP contribution is 2.43. The number of rotatable bonds is 4. The Hall–Kier alpha value is -3.65. The van der Waals surface area contributed by atoms with Gasteiger partial charge in [-0.15, -0.1) is 0 Å². The van der Waals surface area contributed by atoms with E-state index in [2.05, 4.69) is 27.5 Å². The molecule has 6 rings (SSSR count). The van der Waals surface area contributed by atoms with Gasteiger partial charge < -0.3 is 24.4 Å². The lowest BCUT2D eigenvalue weighted by molar-refractivity contribution is -0.159. The molecule has 8 heteroatoms. The Morgan fingerprint density at radius 1 is 1.23 bits per heavy atom. The molecule has 1 spiro atoms. The molecule has 0 bridgehead atoms. The summed E-state index contributed by atoms with van der Waals surface area (Å²) in [6.07, 6.45) is 7.75. The average Bonchev–Trinajstić information content (AvgIpc) is 3.29. The van der Waals surface area contributed by atoms with Crippen molar-refractivity contribution in [1.29, 1.82) is 0 Å². The molecule has 3 aliphatic rings. The van der Waals surface area contributed by atoms with Crippen LogP contribution in [0.4, 0.5) is 4.39 Å². The minimum absolute atomic E-state index is 0.0502. The molecule has 2 unspecified atom stereocenters. The van der Waals surface area contributed by atoms with Crippen molar-refractivity contribution in [3.8, 4) is 11.4 Å². The topological polar surface area (TPSA) is 63.9 Å². The van der Waals surface area contributed by atoms with E-state index in [1.165, 1.54) is 12.1 Å². The second-order valence-corrected chi connectivity index (χ2v) is 9.47. The molecule has 0 amide bonds. The van der Waals surface area contributed by atoms with Crippen LogP contribution in [0.15, 0.2) is 65.7 Å². The van der Waals surface area contributed by atoms with Crippen molar-refractivity contribution in [2.75, 3.05) is 26.8 Å². The maximum Gasteiger partial charge on any atom is 0.152 e. The number of aryl methyl sites for hydroxylation is 1. The first kappa shape index (κ1) is 21.9. The summed E-state index contributed by atoms with van der Waals surface area (Å²) in [7, 11) is 1.68. The Morgan fingerprint density at radius 2 is 2.06 bits per heavy atom. The van der Waals surface area contributed by atoms with Crippen molar-refractivity contribution in [3.05, 3.63) is 83.2 Å². The minimum Gasteiger partial charge on any atom is -0.495 e. The van der Waals surface area contributed by atoms with Crippen LogP contribution in [0.25, 0.3) is 11.8 Å². The normalized spacial score (nSPS) is 24.5. The van der Waals surface area contributed by atoms with Gasteiger partial charge in [0.2, 0.25) is 0 Å². The molecule has 35 heavy (non-hydrogen) atoms. The number of piperidine rings is 1. The lowest BCUT2D eigenvalue weighted by Crippen LogP contribution is -2.61. The van der Waals surface area contributed by atoms with Crippen LogP contribution in [-0.2, 0) is 4.74 Å². The van der Waals surface area contributed by atoms with Crippen LogP contribution in [0.1, 0.15) is 35.7 Å². The fraction of sp³-hybridized carbons (Fsp3) is 0.333. The van der Waals surface area contributed by atoms with Gasteiger partial charge in [0.05, 0.1) is 49.6 Å². The predicted molar refractivity (Wildman–Crippen MR) is 132 cm³/mol. The Balaban J connectivity index is 1.37. The van der Waals surface area contributed by atoms with E-state index < -0.39 is 0 Å². The number of ether oxygens (including phenoxy) is 2. The van der Waals surface area contributed by atoms with Crippen LogP contribution in [0.3, 0.4) is 0 Å². The maximum atomic E-state index is 13.6. The Kier molecular flexibility index (Phi) is 5.33. The van der Waals surface area contributed by atoms with E-state index in [9.17, 15) is 4.39 Å². The maximum absolute atomic E-state index is 13.6. The number of imidazole rings is 1. The number of fused-ring (bicyclic) bond motifs is 1. The number of benzene rings is 2. The number of nitrogens with one attached hydrogen (secondary N) is 1. The number of methoxy groups -OCH3 is 1. The van der Waals surface area contributed by atoms with Crippen molar-refractivity contribution < 1.29 is 13.9 Å². The number of aromatic nitrogens is 2. The number of hydrogen-bond acceptors (Lipinski definition) is 6. The Bertz CT molecular complexity index is 1310. The van der Waals surface area contributed by atoms with Crippen LogP contribution < -0.4 is 10.2 Å². The molecule has 2 aromatic carbocycles. The van der Waals surface area contributed by atoms with Crippen LogP contribution in [0.2, 0.25) is 0 Å². The van der Waals surface area contributed by atoms with Crippen molar-refractivity contribution in [1.82, 2.24) is 19.9 Å². The SMILES string of the molecule is COc1cc(/C=C2\CC3(CCO3)CN3C2=NNCC3c2ccc(F)cc2)ccc1-n1cnc(C)c1. The summed E-state index contributed by atoms with van der Waals surface area (Å²) in [4.78, 5) is 6.65. The first-order chi connectivity index (χ1) is 17.0. The molecule has 3 aromatic rings. The van der Waals surface area contributed by atoms with E-state index in [1.54, 1.807) is 13.4 Å². The zero-order valence-corrected chi connectivity index (χ0v) is 19.9. The van der Waals surface area contributed by atoms with Crippen LogP contribution >= 0.6 is 0 Å². The van der Waals surface area contributed by atoms with Crippen LogP contribution in [0.5, 0.6) is 5.75 Å². The lowest BCUT2D eigenvalue weighted by Gasteiger charge is -2.53. The molecular weight excluding hydrogens is 445 g/mol. The van der Waals surface area contributed by atoms with Gasteiger partial charge in [-0.3, -0.25) is 0 Å². The zero-order valence-electron chi connectivity index (χ0n) is 19.9. The molecule has 3 aliphatic heterocycles. The molecule has 0 aliphatic carbocycles. The fourth-order valence-electron chi connectivity index (χ4n) is 5.27. The molecule has 2 atom stereocenters. The van der Waals surface area contributed by atoms with Crippen molar-refractivity contribution in [2.24, 2.45) is 5.10 Å². The van der Waals surface area contributed by atoms with E-state index >= 15 is 0 Å². The summed E-state index contributed by atoms with van der Waals surface area (Å²) in [6.45, 7) is 4.17. The van der Waals surface area contributed by atoms with Crippen molar-refractivity contribution in [3.63, 3.8) is 0 Å². The van der Waals surface area contributed by atoms with E-state index in [-0.39, 0.29) is 17.5 Å². The second-order valence-electron chi connectivity index (χ2n) is 9.47. The highest BCUT2D eigenvalue weighted by Gasteiger charge is 2.48. The zero-order chi connectivity index (χ0) is 24.0. The fourth-order valence-corrected chi connectivity index (χ4v) is 5.27. The molecule has 1 N–H and O–H groups in total. The minimum atomic E-state index is -0.229. The Labute approximate surface area is 203 Å². The van der Waals surface area contributed by atoms with Gasteiger partial charge in [-0.05, 0) is 54.0 Å². The van der Waals surface area contributed by atoms with Crippen LogP contribution in [-0.4, -0.2) is 52.7 Å². The summed E-state index contributed by atoms with van der Waals surface area (Å²) in [6, 6.07) is 13.0. The largest absolute Gasteiger partial charge is 0.495 e. The third-order valence-electron chi connectivity index (χ3n) is 7.13. The quantitative estimate of drug-likeness (QED) is 0.614. The van der Waals surface area contributed by atoms with Crippen molar-refractivity contribution in [2.45, 2.75) is 31.4 Å². The molecule has 180 valence electrons. The average molecular weight is 474 g/mol. The monoisotopic (exact) mass is 473 g/mol. The van der Waals surface area contributed by atoms with Gasteiger partial charge >= 0.3 is 0 Å². The van der Waals surface area contributed by atoms with Gasteiger partial charge in [0, 0.05) is 25.6 Å². The third kappa shape index (κ3) is 3.97. The van der Waals surface area contributed by atoms with E-state index in [4.69, 9.17) is 14.6 Å². The van der Waals surface area contributed by atoms with Gasteiger partial charge in [-0.2, -0.15) is 5.10 Å². The summed E-state index contributed by atoms with van der Waals surface area (Å²) in [5.74, 6) is 1.46. The van der Waals surface area contributed by atoms with Gasteiger partial charge in [-0.1, -0.05) is 18.2 Å².